The van der Waals surface area contributed by atoms with Crippen LogP contribution in [-0.2, 0) is 0 Å². The van der Waals surface area contributed by atoms with Crippen molar-refractivity contribution in [2.75, 3.05) is 0 Å². The minimum Gasteiger partial charge on any atom is -0.236 e. The van der Waals surface area contributed by atoms with Gasteiger partial charge in [0, 0.05) is 16.5 Å². The highest BCUT2D eigenvalue weighted by Gasteiger charge is 2.02. The van der Waals surface area contributed by atoms with Crippen LogP contribution in [0, 0.1) is 6.85 Å². The minimum absolute atomic E-state index is 0.00316. The molecule has 3 nitrogen and oxygen atoms in total. The van der Waals surface area contributed by atoms with Gasteiger partial charge >= 0.3 is 0 Å². The van der Waals surface area contributed by atoms with Gasteiger partial charge in [-0.2, -0.15) is 5.10 Å². The fraction of sp³-hybridized carbons (Fsp3) is 0.111. The van der Waals surface area contributed by atoms with Crippen molar-refractivity contribution >= 4 is 15.9 Å². The maximum atomic E-state index is 7.76. The van der Waals surface area contributed by atoms with E-state index in [1.807, 2.05) is 0 Å². The Hall–Kier alpha value is -1.16. The van der Waals surface area contributed by atoms with Crippen LogP contribution in [0.15, 0.2) is 34.9 Å². The smallest absolute Gasteiger partial charge is 0.167 e. The SMILES string of the molecule is [2H]c1nc(-n2nc(C([2H])([2H])[2H])c([2H])c2[2H])c(Br)c([2H])c1[2H]. The molecule has 0 aliphatic heterocycles. The lowest BCUT2D eigenvalue weighted by atomic mass is 10.5. The largest absolute Gasteiger partial charge is 0.236 e. The highest BCUT2D eigenvalue weighted by molar-refractivity contribution is 9.10. The molecule has 0 atom stereocenters. The summed E-state index contributed by atoms with van der Waals surface area (Å²) in [7, 11) is 0. The quantitative estimate of drug-likeness (QED) is 0.773. The van der Waals surface area contributed by atoms with E-state index in [4.69, 9.17) is 11.0 Å². The molecule has 4 heteroatoms. The molecule has 0 radical (unpaired) electrons. The van der Waals surface area contributed by atoms with Crippen molar-refractivity contribution in [2.24, 2.45) is 0 Å². The van der Waals surface area contributed by atoms with Gasteiger partial charge < -0.3 is 0 Å². The van der Waals surface area contributed by atoms with Crippen molar-refractivity contribution < 1.29 is 11.0 Å². The van der Waals surface area contributed by atoms with Gasteiger partial charge in [-0.3, -0.25) is 0 Å². The Balaban J connectivity index is 2.75. The zero-order valence-corrected chi connectivity index (χ0v) is 7.81. The van der Waals surface area contributed by atoms with E-state index in [0.717, 1.165) is 4.68 Å². The van der Waals surface area contributed by atoms with Crippen molar-refractivity contribution in [3.05, 3.63) is 40.6 Å². The molecule has 13 heavy (non-hydrogen) atoms. The molecule has 0 fully saturated rings. The van der Waals surface area contributed by atoms with E-state index in [9.17, 15) is 0 Å². The molecule has 0 N–H and O–H groups in total. The lowest BCUT2D eigenvalue weighted by molar-refractivity contribution is 0.827. The first-order valence-electron chi connectivity index (χ1n) is 7.26. The number of hydrogen-bond donors (Lipinski definition) is 0. The maximum Gasteiger partial charge on any atom is 0.167 e. The summed E-state index contributed by atoms with van der Waals surface area (Å²) in [6.07, 6.45) is -1.03. The number of aromatic nitrogens is 3. The third-order valence-electron chi connectivity index (χ3n) is 1.27. The predicted molar refractivity (Wildman–Crippen MR) is 53.8 cm³/mol. The summed E-state index contributed by atoms with van der Waals surface area (Å²) in [6, 6.07) is -1.31. The van der Waals surface area contributed by atoms with Gasteiger partial charge in [-0.15, -0.1) is 0 Å². The molecule has 0 saturated carbocycles. The van der Waals surface area contributed by atoms with Gasteiger partial charge in [0.15, 0.2) is 5.82 Å². The van der Waals surface area contributed by atoms with Gasteiger partial charge in [0.25, 0.3) is 0 Å². The molecule has 0 bridgehead atoms. The monoisotopic (exact) mass is 245 g/mol. The highest BCUT2D eigenvalue weighted by atomic mass is 79.9. The van der Waals surface area contributed by atoms with E-state index in [1.165, 1.54) is 0 Å². The Kier molecular flexibility index (Phi) is 0.813. The zero-order valence-electron chi connectivity index (χ0n) is 14.2. The first-order chi connectivity index (χ1) is 9.55. The topological polar surface area (TPSA) is 30.7 Å². The number of pyridine rings is 1. The number of halogens is 1. The summed E-state index contributed by atoms with van der Waals surface area (Å²) in [6.45, 7) is -2.66. The Morgan fingerprint density at radius 3 is 3.31 bits per heavy atom. The molecule has 0 unspecified atom stereocenters. The zero-order chi connectivity index (χ0) is 16.1. The maximum absolute atomic E-state index is 7.76. The standard InChI is InChI=1S/C9H8BrN3/c1-7-4-6-13(12-7)9-8(10)3-2-5-11-9/h2-6H,1H3/i1D3,2D,3D,4D,5D,6D. The average Bonchev–Trinajstić information content (AvgIpc) is 2.68. The van der Waals surface area contributed by atoms with Gasteiger partial charge in [-0.25, -0.2) is 9.67 Å². The third-order valence-corrected chi connectivity index (χ3v) is 1.82. The van der Waals surface area contributed by atoms with Crippen molar-refractivity contribution in [1.82, 2.24) is 14.8 Å². The van der Waals surface area contributed by atoms with E-state index >= 15 is 0 Å². The molecular weight excluding hydrogens is 230 g/mol. The second-order valence-electron chi connectivity index (χ2n) is 2.11. The molecule has 2 rings (SSSR count). The van der Waals surface area contributed by atoms with Crippen LogP contribution in [-0.4, -0.2) is 14.8 Å². The second-order valence-corrected chi connectivity index (χ2v) is 2.90. The number of rotatable bonds is 1. The highest BCUT2D eigenvalue weighted by Crippen LogP contribution is 2.16. The molecule has 2 aromatic rings. The fourth-order valence-electron chi connectivity index (χ4n) is 0.765. The molecule has 0 aromatic carbocycles. The molecule has 0 amide bonds. The van der Waals surface area contributed by atoms with Gasteiger partial charge in [0.2, 0.25) is 0 Å². The lowest BCUT2D eigenvalue weighted by Gasteiger charge is -2.01. The van der Waals surface area contributed by atoms with Crippen molar-refractivity contribution in [2.45, 2.75) is 6.85 Å². The van der Waals surface area contributed by atoms with Crippen LogP contribution >= 0.6 is 15.9 Å². The third kappa shape index (κ3) is 1.62. The normalized spacial score (nSPS) is 20.1. The lowest BCUT2D eigenvalue weighted by Crippen LogP contribution is -1.98. The molecule has 0 aliphatic rings. The van der Waals surface area contributed by atoms with E-state index < -0.39 is 37.0 Å². The van der Waals surface area contributed by atoms with Crippen LogP contribution in [0.3, 0.4) is 0 Å². The Bertz CT molecular complexity index is 723. The molecule has 66 valence electrons. The summed E-state index contributed by atoms with van der Waals surface area (Å²) in [5.74, 6) is -0.171. The van der Waals surface area contributed by atoms with Gasteiger partial charge in [-0.05, 0) is 40.9 Å². The molecule has 0 aliphatic carbocycles. The van der Waals surface area contributed by atoms with Crippen LogP contribution in [0.5, 0.6) is 0 Å². The summed E-state index contributed by atoms with van der Waals surface area (Å²) < 4.78 is 60.6. The Morgan fingerprint density at radius 1 is 1.62 bits per heavy atom. The summed E-state index contributed by atoms with van der Waals surface area (Å²) >= 11 is 3.02. The summed E-state index contributed by atoms with van der Waals surface area (Å²) in [4.78, 5) is 3.73. The van der Waals surface area contributed by atoms with Crippen LogP contribution in [0.25, 0.3) is 5.82 Å². The Morgan fingerprint density at radius 2 is 2.54 bits per heavy atom. The molecule has 2 aromatic heterocycles. The Labute approximate surface area is 95.8 Å². The van der Waals surface area contributed by atoms with Crippen LogP contribution < -0.4 is 0 Å². The number of aryl methyl sites for hydroxylation is 1. The molecule has 0 spiro atoms. The van der Waals surface area contributed by atoms with Crippen LogP contribution in [0.1, 0.15) is 16.7 Å². The second kappa shape index (κ2) is 3.30. The number of hydrogen-bond acceptors (Lipinski definition) is 2. The van der Waals surface area contributed by atoms with Gasteiger partial charge in [-0.1, -0.05) is 0 Å². The van der Waals surface area contributed by atoms with Crippen LogP contribution in [0.2, 0.25) is 0 Å². The van der Waals surface area contributed by atoms with E-state index in [2.05, 4.69) is 26.0 Å². The summed E-state index contributed by atoms with van der Waals surface area (Å²) in [5, 5.41) is 3.68. The van der Waals surface area contributed by atoms with E-state index in [-0.39, 0.29) is 16.3 Å². The van der Waals surface area contributed by atoms with Crippen LogP contribution in [0.4, 0.5) is 0 Å². The van der Waals surface area contributed by atoms with Gasteiger partial charge in [0.1, 0.15) is 0 Å². The average molecular weight is 246 g/mol. The fourth-order valence-corrected chi connectivity index (χ4v) is 1.12. The molecular formula is C9H8BrN3. The van der Waals surface area contributed by atoms with E-state index in [1.54, 1.807) is 0 Å². The minimum atomic E-state index is -2.66. The van der Waals surface area contributed by atoms with Crippen molar-refractivity contribution in [1.29, 1.82) is 0 Å². The number of nitrogens with zero attached hydrogens (tertiary/aromatic N) is 3. The van der Waals surface area contributed by atoms with Crippen molar-refractivity contribution in [3.8, 4) is 5.82 Å². The molecule has 0 saturated heterocycles. The van der Waals surface area contributed by atoms with Gasteiger partial charge in [0.05, 0.1) is 17.0 Å². The van der Waals surface area contributed by atoms with Crippen molar-refractivity contribution in [3.63, 3.8) is 0 Å². The summed E-state index contributed by atoms with van der Waals surface area (Å²) in [5.41, 5.74) is -0.561. The van der Waals surface area contributed by atoms with E-state index in [0.29, 0.717) is 0 Å². The first-order valence-corrected chi connectivity index (χ1v) is 4.05. The molecule has 2 heterocycles. The first kappa shape index (κ1) is 3.20. The predicted octanol–water partition coefficient (Wildman–Crippen LogP) is 2.34.